The molecule has 2 amide bonds. The van der Waals surface area contributed by atoms with E-state index in [1.807, 2.05) is 78.0 Å². The van der Waals surface area contributed by atoms with Crippen LogP contribution in [0.25, 0.3) is 34.4 Å². The van der Waals surface area contributed by atoms with Crippen molar-refractivity contribution in [3.63, 3.8) is 0 Å². The Bertz CT molecular complexity index is 2160. The van der Waals surface area contributed by atoms with Crippen molar-refractivity contribution in [3.8, 4) is 22.3 Å². The molecule has 4 N–H and O–H groups in total. The Labute approximate surface area is 309 Å². The molecule has 2 aromatic carbocycles. The van der Waals surface area contributed by atoms with Gasteiger partial charge in [0.1, 0.15) is 0 Å². The van der Waals surface area contributed by atoms with E-state index >= 15 is 0 Å². The van der Waals surface area contributed by atoms with Crippen LogP contribution in [0.4, 0.5) is 0 Å². The molecule has 0 aliphatic carbocycles. The number of carbonyl (C=O) groups excluding carboxylic acids is 4. The molecule has 0 bridgehead atoms. The Balaban J connectivity index is 1.61. The van der Waals surface area contributed by atoms with Crippen LogP contribution in [0.5, 0.6) is 0 Å². The summed E-state index contributed by atoms with van der Waals surface area (Å²) in [5, 5.41) is 6.03. The third kappa shape index (κ3) is 6.57. The molecular weight excluding hydrogens is 668 g/mol. The molecule has 0 radical (unpaired) electrons. The number of carbonyl (C=O) groups is 4. The van der Waals surface area contributed by atoms with Crippen molar-refractivity contribution in [1.82, 2.24) is 20.6 Å². The summed E-state index contributed by atoms with van der Waals surface area (Å²) < 4.78 is 10.4. The first-order valence-corrected chi connectivity index (χ1v) is 17.7. The highest BCUT2D eigenvalue weighted by molar-refractivity contribution is 6.03. The van der Waals surface area contributed by atoms with Crippen LogP contribution in [0.1, 0.15) is 95.2 Å². The van der Waals surface area contributed by atoms with Crippen molar-refractivity contribution in [2.75, 3.05) is 14.2 Å². The molecule has 0 fully saturated rings. The second-order valence-electron chi connectivity index (χ2n) is 13.2. The normalized spacial score (nSPS) is 15.8. The van der Waals surface area contributed by atoms with E-state index in [2.05, 4.69) is 20.6 Å². The monoisotopic (exact) mass is 712 g/mol. The van der Waals surface area contributed by atoms with Crippen LogP contribution in [0, 0.1) is 13.8 Å². The van der Waals surface area contributed by atoms with Crippen molar-refractivity contribution in [2.45, 2.75) is 60.8 Å². The lowest BCUT2D eigenvalue weighted by atomic mass is 9.91. The van der Waals surface area contributed by atoms with Crippen molar-refractivity contribution < 1.29 is 28.7 Å². The lowest BCUT2D eigenvalue weighted by Gasteiger charge is -2.13. The molecule has 2 aliphatic heterocycles. The fourth-order valence-corrected chi connectivity index (χ4v) is 7.50. The van der Waals surface area contributed by atoms with E-state index < -0.39 is 11.9 Å². The van der Waals surface area contributed by atoms with E-state index in [-0.39, 0.29) is 11.8 Å². The van der Waals surface area contributed by atoms with Gasteiger partial charge in [-0.25, -0.2) is 9.59 Å². The Morgan fingerprint density at radius 1 is 0.623 bits per heavy atom. The second kappa shape index (κ2) is 14.8. The number of hydrogen-bond acceptors (Lipinski definition) is 6. The molecular formula is C43H44N4O6. The molecule has 272 valence electrons. The van der Waals surface area contributed by atoms with Crippen LogP contribution in [0.15, 0.2) is 82.2 Å². The Hall–Kier alpha value is -6.16. The lowest BCUT2D eigenvalue weighted by Crippen LogP contribution is -2.15. The van der Waals surface area contributed by atoms with Crippen LogP contribution in [0.3, 0.4) is 0 Å². The fraction of sp³-hybridized carbons (Fsp3) is 0.256. The quantitative estimate of drug-likeness (QED) is 0.123. The summed E-state index contributed by atoms with van der Waals surface area (Å²) >= 11 is 0. The second-order valence-corrected chi connectivity index (χ2v) is 13.2. The third-order valence-corrected chi connectivity index (χ3v) is 10.3. The van der Waals surface area contributed by atoms with E-state index in [4.69, 9.17) is 9.47 Å². The molecule has 2 aliphatic rings. The molecule has 4 aromatic rings. The van der Waals surface area contributed by atoms with Gasteiger partial charge in [-0.1, -0.05) is 50.2 Å². The molecule has 6 rings (SSSR count). The predicted molar refractivity (Wildman–Crippen MR) is 206 cm³/mol. The molecule has 10 heteroatoms. The lowest BCUT2D eigenvalue weighted by molar-refractivity contribution is -0.117. The van der Waals surface area contributed by atoms with Gasteiger partial charge in [0.05, 0.1) is 25.3 Å². The molecule has 0 saturated heterocycles. The fourth-order valence-electron chi connectivity index (χ4n) is 7.50. The van der Waals surface area contributed by atoms with Crippen molar-refractivity contribution in [2.24, 2.45) is 0 Å². The average Bonchev–Trinajstić information content (AvgIpc) is 3.82. The topological polar surface area (TPSA) is 142 Å². The average molecular weight is 713 g/mol. The van der Waals surface area contributed by atoms with E-state index in [1.54, 1.807) is 24.3 Å². The molecule has 2 aromatic heterocycles. The highest BCUT2D eigenvalue weighted by atomic mass is 16.5. The van der Waals surface area contributed by atoms with E-state index in [1.165, 1.54) is 14.2 Å². The predicted octanol–water partition coefficient (Wildman–Crippen LogP) is 7.85. The maximum absolute atomic E-state index is 13.1. The first kappa shape index (κ1) is 36.6. The number of aromatic amines is 2. The summed E-state index contributed by atoms with van der Waals surface area (Å²) in [6.45, 7) is 11.7. The van der Waals surface area contributed by atoms with Gasteiger partial charge in [0.15, 0.2) is 0 Å². The first-order chi connectivity index (χ1) is 25.4. The Kier molecular flexibility index (Phi) is 10.2. The molecule has 0 atom stereocenters. The standard InChI is InChI=1S/C43H44N4O6/c1-9-26-22(3)40(48)46-34(26)19-32-24(5)38(28-15-11-13-17-30(28)42(50)52-7)36(44-32)21-37-39(29-16-12-14-18-31(29)43(51)53-8)25(6)33(45-37)20-35-27(10-2)23(4)41(49)47-35/h11-20,44-45H,9-10,21H2,1-8H3,(H,46,48)(H,47,49)/b34-19-,35-20-. The number of hydrogen-bond donors (Lipinski definition) is 4. The zero-order chi connectivity index (χ0) is 38.1. The number of amides is 2. The summed E-state index contributed by atoms with van der Waals surface area (Å²) in [5.74, 6) is -1.18. The van der Waals surface area contributed by atoms with Crippen molar-refractivity contribution in [1.29, 1.82) is 0 Å². The zero-order valence-corrected chi connectivity index (χ0v) is 31.3. The summed E-state index contributed by atoms with van der Waals surface area (Å²) in [4.78, 5) is 58.9. The number of benzene rings is 2. The number of methoxy groups -OCH3 is 2. The van der Waals surface area contributed by atoms with Gasteiger partial charge in [-0.05, 0) is 98.2 Å². The highest BCUT2D eigenvalue weighted by Crippen LogP contribution is 2.40. The van der Waals surface area contributed by atoms with Crippen LogP contribution in [-0.2, 0) is 25.5 Å². The maximum Gasteiger partial charge on any atom is 0.338 e. The van der Waals surface area contributed by atoms with E-state index in [0.717, 1.165) is 67.6 Å². The van der Waals surface area contributed by atoms with E-state index in [9.17, 15) is 19.2 Å². The van der Waals surface area contributed by atoms with Gasteiger partial charge in [-0.15, -0.1) is 0 Å². The summed E-state index contributed by atoms with van der Waals surface area (Å²) in [6, 6.07) is 14.6. The highest BCUT2D eigenvalue weighted by Gasteiger charge is 2.28. The number of nitrogens with one attached hydrogen (secondary N) is 4. The SMILES string of the molecule is CCC1=C(C)C(=O)N/C1=C\c1[nH]c(Cc2[nH]c(/C=C3\NC(=O)C(C)=C3CC)c(C)c2-c2ccccc2C(=O)OC)c(-c2ccccc2C(=O)OC)c1C. The number of H-pyrrole nitrogens is 2. The molecule has 0 spiro atoms. The smallest absolute Gasteiger partial charge is 0.338 e. The van der Waals surface area contributed by atoms with Crippen molar-refractivity contribution in [3.05, 3.63) is 127 Å². The molecule has 10 nitrogen and oxygen atoms in total. The maximum atomic E-state index is 13.1. The van der Waals surface area contributed by atoms with Gasteiger partial charge in [0.25, 0.3) is 11.8 Å². The summed E-state index contributed by atoms with van der Waals surface area (Å²) in [7, 11) is 2.72. The minimum Gasteiger partial charge on any atom is -0.465 e. The zero-order valence-electron chi connectivity index (χ0n) is 31.3. The Morgan fingerprint density at radius 2 is 1.00 bits per heavy atom. The summed E-state index contributed by atoms with van der Waals surface area (Å²) in [5.41, 5.74) is 13.4. The van der Waals surface area contributed by atoms with Crippen LogP contribution >= 0.6 is 0 Å². The molecule has 0 saturated carbocycles. The van der Waals surface area contributed by atoms with E-state index in [0.29, 0.717) is 52.7 Å². The molecule has 53 heavy (non-hydrogen) atoms. The first-order valence-electron chi connectivity index (χ1n) is 17.7. The van der Waals surface area contributed by atoms with Crippen LogP contribution < -0.4 is 10.6 Å². The van der Waals surface area contributed by atoms with Crippen LogP contribution in [0.2, 0.25) is 0 Å². The Morgan fingerprint density at radius 3 is 1.36 bits per heavy atom. The molecule has 0 unspecified atom stereocenters. The number of ether oxygens (including phenoxy) is 2. The van der Waals surface area contributed by atoms with Crippen molar-refractivity contribution >= 4 is 35.9 Å². The largest absolute Gasteiger partial charge is 0.465 e. The third-order valence-electron chi connectivity index (χ3n) is 10.3. The summed E-state index contributed by atoms with van der Waals surface area (Å²) in [6.07, 6.45) is 5.58. The van der Waals surface area contributed by atoms with Gasteiger partial charge in [-0.3, -0.25) is 9.59 Å². The minimum atomic E-state index is -0.465. The number of aromatic nitrogens is 2. The number of rotatable bonds is 10. The van der Waals surface area contributed by atoms with Gasteiger partial charge in [0, 0.05) is 62.9 Å². The van der Waals surface area contributed by atoms with Crippen LogP contribution in [-0.4, -0.2) is 47.9 Å². The van der Waals surface area contributed by atoms with Gasteiger partial charge in [0.2, 0.25) is 0 Å². The number of allylic oxidation sites excluding steroid dienone is 2. The minimum absolute atomic E-state index is 0.124. The molecule has 4 heterocycles. The van der Waals surface area contributed by atoms with Gasteiger partial charge < -0.3 is 30.1 Å². The van der Waals surface area contributed by atoms with Gasteiger partial charge in [-0.2, -0.15) is 0 Å². The van der Waals surface area contributed by atoms with Gasteiger partial charge >= 0.3 is 11.9 Å². The number of esters is 2.